The molecule has 124 valence electrons. The van der Waals surface area contributed by atoms with Crippen molar-refractivity contribution in [2.24, 2.45) is 10.7 Å². The van der Waals surface area contributed by atoms with Gasteiger partial charge < -0.3 is 15.4 Å². The molecule has 0 amide bonds. The van der Waals surface area contributed by atoms with Gasteiger partial charge in [-0.2, -0.15) is 13.2 Å². The first-order valence-corrected chi connectivity index (χ1v) is 6.67. The SMILES string of the molecule is CN(C(N)=NCc1ccccc1OCC(F)(F)F)C1CC1.I. The smallest absolute Gasteiger partial charge is 0.422 e. The Balaban J connectivity index is 0.00000242. The molecule has 2 rings (SSSR count). The Morgan fingerprint density at radius 3 is 2.59 bits per heavy atom. The predicted octanol–water partition coefficient (Wildman–Crippen LogP) is 3.15. The maximum Gasteiger partial charge on any atom is 0.422 e. The van der Waals surface area contributed by atoms with Crippen molar-refractivity contribution >= 4 is 29.9 Å². The number of para-hydroxylation sites is 1. The lowest BCUT2D eigenvalue weighted by atomic mass is 10.2. The van der Waals surface area contributed by atoms with Crippen LogP contribution in [-0.2, 0) is 6.54 Å². The third-order valence-electron chi connectivity index (χ3n) is 3.23. The van der Waals surface area contributed by atoms with Gasteiger partial charge in [0.25, 0.3) is 0 Å². The van der Waals surface area contributed by atoms with Gasteiger partial charge in [-0.3, -0.25) is 0 Å². The molecule has 1 fully saturated rings. The Morgan fingerprint density at radius 2 is 2.00 bits per heavy atom. The zero-order valence-electron chi connectivity index (χ0n) is 12.1. The molecular weight excluding hydrogens is 410 g/mol. The second-order valence-electron chi connectivity index (χ2n) is 5.03. The third-order valence-corrected chi connectivity index (χ3v) is 3.23. The lowest BCUT2D eigenvalue weighted by molar-refractivity contribution is -0.153. The fourth-order valence-electron chi connectivity index (χ4n) is 1.86. The van der Waals surface area contributed by atoms with Crippen LogP contribution in [0.2, 0.25) is 0 Å². The molecule has 2 N–H and O–H groups in total. The van der Waals surface area contributed by atoms with Crippen LogP contribution in [0.5, 0.6) is 5.75 Å². The van der Waals surface area contributed by atoms with Gasteiger partial charge in [0.05, 0.1) is 6.54 Å². The summed E-state index contributed by atoms with van der Waals surface area (Å²) in [6, 6.07) is 6.97. The second-order valence-corrected chi connectivity index (χ2v) is 5.03. The highest BCUT2D eigenvalue weighted by molar-refractivity contribution is 14.0. The molecule has 0 aliphatic heterocycles. The van der Waals surface area contributed by atoms with Crippen molar-refractivity contribution in [1.29, 1.82) is 0 Å². The van der Waals surface area contributed by atoms with Gasteiger partial charge in [-0.05, 0) is 18.9 Å². The zero-order valence-corrected chi connectivity index (χ0v) is 14.5. The Kier molecular flexibility index (Phi) is 6.76. The average Bonchev–Trinajstić information content (AvgIpc) is 3.26. The number of guanidine groups is 1. The summed E-state index contributed by atoms with van der Waals surface area (Å²) >= 11 is 0. The number of nitrogens with two attached hydrogens (primary N) is 1. The topological polar surface area (TPSA) is 50.8 Å². The van der Waals surface area contributed by atoms with Gasteiger partial charge in [-0.25, -0.2) is 4.99 Å². The molecule has 1 aromatic carbocycles. The van der Waals surface area contributed by atoms with E-state index in [4.69, 9.17) is 10.5 Å². The summed E-state index contributed by atoms with van der Waals surface area (Å²) in [7, 11) is 1.86. The van der Waals surface area contributed by atoms with Crippen LogP contribution in [0, 0.1) is 0 Å². The molecule has 0 heterocycles. The van der Waals surface area contributed by atoms with Crippen molar-refractivity contribution in [3.63, 3.8) is 0 Å². The lowest BCUT2D eigenvalue weighted by Crippen LogP contribution is -2.35. The van der Waals surface area contributed by atoms with Crippen molar-refractivity contribution in [3.8, 4) is 5.75 Å². The Labute approximate surface area is 144 Å². The van der Waals surface area contributed by atoms with E-state index < -0.39 is 12.8 Å². The summed E-state index contributed by atoms with van der Waals surface area (Å²) in [5.74, 6) is 0.573. The van der Waals surface area contributed by atoms with Crippen LogP contribution < -0.4 is 10.5 Å². The van der Waals surface area contributed by atoms with E-state index >= 15 is 0 Å². The molecular formula is C14H19F3IN3O. The number of hydrogen-bond acceptors (Lipinski definition) is 2. The van der Waals surface area contributed by atoms with Crippen molar-refractivity contribution in [2.75, 3.05) is 13.7 Å². The van der Waals surface area contributed by atoms with E-state index in [1.165, 1.54) is 6.07 Å². The molecule has 0 bridgehead atoms. The predicted molar refractivity (Wildman–Crippen MR) is 89.5 cm³/mol. The van der Waals surface area contributed by atoms with Gasteiger partial charge in [0, 0.05) is 18.7 Å². The van der Waals surface area contributed by atoms with Gasteiger partial charge in [0.15, 0.2) is 12.6 Å². The largest absolute Gasteiger partial charge is 0.484 e. The first-order valence-electron chi connectivity index (χ1n) is 6.67. The molecule has 1 aliphatic carbocycles. The molecule has 0 saturated heterocycles. The van der Waals surface area contributed by atoms with E-state index in [0.717, 1.165) is 12.8 Å². The molecule has 1 aliphatic rings. The quantitative estimate of drug-likeness (QED) is 0.445. The number of benzene rings is 1. The molecule has 0 atom stereocenters. The summed E-state index contributed by atoms with van der Waals surface area (Å²) in [4.78, 5) is 6.11. The van der Waals surface area contributed by atoms with E-state index in [2.05, 4.69) is 4.99 Å². The van der Waals surface area contributed by atoms with E-state index in [0.29, 0.717) is 17.6 Å². The molecule has 1 saturated carbocycles. The Morgan fingerprint density at radius 1 is 1.36 bits per heavy atom. The molecule has 4 nitrogen and oxygen atoms in total. The first kappa shape index (κ1) is 18.9. The van der Waals surface area contributed by atoms with E-state index in [1.807, 2.05) is 11.9 Å². The maximum absolute atomic E-state index is 12.2. The molecule has 0 aromatic heterocycles. The van der Waals surface area contributed by atoms with Crippen LogP contribution in [0.25, 0.3) is 0 Å². The summed E-state index contributed by atoms with van der Waals surface area (Å²) < 4.78 is 41.4. The first-order chi connectivity index (χ1) is 9.87. The zero-order chi connectivity index (χ0) is 15.5. The van der Waals surface area contributed by atoms with Crippen LogP contribution in [0.3, 0.4) is 0 Å². The molecule has 0 spiro atoms. The number of hydrogen-bond donors (Lipinski definition) is 1. The number of rotatable bonds is 5. The fourth-order valence-corrected chi connectivity index (χ4v) is 1.86. The second kappa shape index (κ2) is 7.89. The Hall–Kier alpha value is -1.19. The van der Waals surface area contributed by atoms with Gasteiger partial charge in [0.1, 0.15) is 5.75 Å². The summed E-state index contributed by atoms with van der Waals surface area (Å²) in [6.07, 6.45) is -2.17. The molecule has 0 radical (unpaired) electrons. The maximum atomic E-state index is 12.2. The normalized spacial score (nSPS) is 15.2. The minimum absolute atomic E-state index is 0. The van der Waals surface area contributed by atoms with Crippen molar-refractivity contribution < 1.29 is 17.9 Å². The van der Waals surface area contributed by atoms with Crippen molar-refractivity contribution in [2.45, 2.75) is 31.6 Å². The van der Waals surface area contributed by atoms with E-state index in [-0.39, 0.29) is 36.3 Å². The number of nitrogens with zero attached hydrogens (tertiary/aromatic N) is 2. The van der Waals surface area contributed by atoms with Crippen LogP contribution >= 0.6 is 24.0 Å². The number of ether oxygens (including phenoxy) is 1. The molecule has 8 heteroatoms. The Bertz CT molecular complexity index is 518. The minimum atomic E-state index is -4.36. The number of alkyl halides is 3. The van der Waals surface area contributed by atoms with Crippen LogP contribution in [0.15, 0.2) is 29.3 Å². The van der Waals surface area contributed by atoms with E-state index in [9.17, 15) is 13.2 Å². The summed E-state index contributed by atoms with van der Waals surface area (Å²) in [5, 5.41) is 0. The highest BCUT2D eigenvalue weighted by Gasteiger charge is 2.29. The average molecular weight is 429 g/mol. The lowest BCUT2D eigenvalue weighted by Gasteiger charge is -2.17. The fraction of sp³-hybridized carbons (Fsp3) is 0.500. The molecule has 22 heavy (non-hydrogen) atoms. The van der Waals surface area contributed by atoms with E-state index in [1.54, 1.807) is 18.2 Å². The van der Waals surface area contributed by atoms with Gasteiger partial charge in [-0.15, -0.1) is 24.0 Å². The van der Waals surface area contributed by atoms with Crippen LogP contribution in [0.1, 0.15) is 18.4 Å². The molecule has 0 unspecified atom stereocenters. The van der Waals surface area contributed by atoms with Crippen LogP contribution in [0.4, 0.5) is 13.2 Å². The number of halogens is 4. The van der Waals surface area contributed by atoms with Crippen LogP contribution in [-0.4, -0.2) is 36.7 Å². The van der Waals surface area contributed by atoms with Crippen molar-refractivity contribution in [3.05, 3.63) is 29.8 Å². The van der Waals surface area contributed by atoms with Gasteiger partial charge in [0.2, 0.25) is 0 Å². The standard InChI is InChI=1S/C14H18F3N3O.HI/c1-20(11-6-7-11)13(18)19-8-10-4-2-3-5-12(10)21-9-14(15,16)17;/h2-5,11H,6-9H2,1H3,(H2,18,19);1H. The highest BCUT2D eigenvalue weighted by Crippen LogP contribution is 2.25. The van der Waals surface area contributed by atoms with Gasteiger partial charge in [-0.1, -0.05) is 18.2 Å². The third kappa shape index (κ3) is 5.90. The highest BCUT2D eigenvalue weighted by atomic mass is 127. The summed E-state index contributed by atoms with van der Waals surface area (Å²) in [5.41, 5.74) is 6.43. The van der Waals surface area contributed by atoms with Gasteiger partial charge >= 0.3 is 6.18 Å². The van der Waals surface area contributed by atoms with Crippen molar-refractivity contribution in [1.82, 2.24) is 4.90 Å². The molecule has 1 aromatic rings. The number of aliphatic imine (C=N–C) groups is 1. The summed E-state index contributed by atoms with van der Waals surface area (Å²) in [6.45, 7) is -1.12. The monoisotopic (exact) mass is 429 g/mol. The minimum Gasteiger partial charge on any atom is -0.484 e.